The Balaban J connectivity index is 1.62. The minimum atomic E-state index is -0.776. The lowest BCUT2D eigenvalue weighted by Crippen LogP contribution is -2.33. The van der Waals surface area contributed by atoms with Crippen LogP contribution in [0.5, 0.6) is 0 Å². The standard InChI is InChI=1S/C18H17N3O2/c1-12-6-9-14(10-7-12)19-17(22)18(23)21-20-16-11-8-13-4-2-3-5-15(13)16/h2-7,9-10H,8,11H2,1H3,(H,19,22)(H,21,23)/b20-16-. The van der Waals surface area contributed by atoms with Crippen LogP contribution in [0.3, 0.4) is 0 Å². The first-order valence-corrected chi connectivity index (χ1v) is 7.46. The Morgan fingerprint density at radius 3 is 2.48 bits per heavy atom. The first kappa shape index (κ1) is 15.0. The molecule has 23 heavy (non-hydrogen) atoms. The minimum Gasteiger partial charge on any atom is -0.318 e. The van der Waals surface area contributed by atoms with Crippen molar-refractivity contribution in [2.75, 3.05) is 5.32 Å². The van der Waals surface area contributed by atoms with Crippen molar-refractivity contribution in [1.29, 1.82) is 0 Å². The van der Waals surface area contributed by atoms with Gasteiger partial charge in [-0.3, -0.25) is 9.59 Å². The Hall–Kier alpha value is -2.95. The van der Waals surface area contributed by atoms with Gasteiger partial charge < -0.3 is 5.32 Å². The SMILES string of the molecule is Cc1ccc(NC(=O)C(=O)N/N=C2/CCc3ccccc32)cc1. The fourth-order valence-corrected chi connectivity index (χ4v) is 2.52. The molecule has 2 amide bonds. The highest BCUT2D eigenvalue weighted by molar-refractivity contribution is 6.39. The number of aryl methyl sites for hydroxylation is 2. The number of hydrogen-bond acceptors (Lipinski definition) is 3. The molecule has 0 saturated carbocycles. The maximum absolute atomic E-state index is 11.9. The summed E-state index contributed by atoms with van der Waals surface area (Å²) in [5.41, 5.74) is 7.04. The number of carbonyl (C=O) groups is 2. The predicted octanol–water partition coefficient (Wildman–Crippen LogP) is 2.40. The number of benzene rings is 2. The number of amides is 2. The quantitative estimate of drug-likeness (QED) is 0.660. The Kier molecular flexibility index (Phi) is 4.19. The molecule has 0 bridgehead atoms. The molecule has 0 spiro atoms. The first-order chi connectivity index (χ1) is 11.1. The molecule has 2 aromatic carbocycles. The normalized spacial score (nSPS) is 14.4. The van der Waals surface area contributed by atoms with Gasteiger partial charge in [-0.2, -0.15) is 5.10 Å². The lowest BCUT2D eigenvalue weighted by Gasteiger charge is -2.05. The fourth-order valence-electron chi connectivity index (χ4n) is 2.52. The summed E-state index contributed by atoms with van der Waals surface area (Å²) in [4.78, 5) is 23.7. The Bertz CT molecular complexity index is 779. The van der Waals surface area contributed by atoms with Crippen LogP contribution in [0.1, 0.15) is 23.1 Å². The Morgan fingerprint density at radius 1 is 0.957 bits per heavy atom. The van der Waals surface area contributed by atoms with Crippen LogP contribution in [-0.4, -0.2) is 17.5 Å². The summed E-state index contributed by atoms with van der Waals surface area (Å²) < 4.78 is 0. The van der Waals surface area contributed by atoms with Crippen molar-refractivity contribution < 1.29 is 9.59 Å². The van der Waals surface area contributed by atoms with Gasteiger partial charge in [0.15, 0.2) is 0 Å². The molecular formula is C18H17N3O2. The summed E-state index contributed by atoms with van der Waals surface area (Å²) in [5, 5.41) is 6.64. The number of rotatable bonds is 2. The van der Waals surface area contributed by atoms with E-state index in [1.165, 1.54) is 5.56 Å². The van der Waals surface area contributed by atoms with E-state index < -0.39 is 11.8 Å². The fraction of sp³-hybridized carbons (Fsp3) is 0.167. The van der Waals surface area contributed by atoms with E-state index in [9.17, 15) is 9.59 Å². The van der Waals surface area contributed by atoms with Crippen molar-refractivity contribution in [2.24, 2.45) is 5.10 Å². The smallest absolute Gasteiger partial charge is 0.318 e. The van der Waals surface area contributed by atoms with Gasteiger partial charge in [-0.1, -0.05) is 42.0 Å². The lowest BCUT2D eigenvalue weighted by molar-refractivity contribution is -0.136. The van der Waals surface area contributed by atoms with E-state index in [0.717, 1.165) is 29.7 Å². The Labute approximate surface area is 134 Å². The van der Waals surface area contributed by atoms with Crippen LogP contribution < -0.4 is 10.7 Å². The van der Waals surface area contributed by atoms with Gasteiger partial charge in [0, 0.05) is 11.3 Å². The van der Waals surface area contributed by atoms with Crippen LogP contribution in [0.25, 0.3) is 0 Å². The van der Waals surface area contributed by atoms with Gasteiger partial charge in [-0.25, -0.2) is 5.43 Å². The summed E-state index contributed by atoms with van der Waals surface area (Å²) in [5.74, 6) is -1.51. The van der Waals surface area contributed by atoms with Crippen molar-refractivity contribution in [3.63, 3.8) is 0 Å². The van der Waals surface area contributed by atoms with Gasteiger partial charge in [0.2, 0.25) is 0 Å². The van der Waals surface area contributed by atoms with E-state index in [4.69, 9.17) is 0 Å². The van der Waals surface area contributed by atoms with E-state index in [2.05, 4.69) is 15.8 Å². The molecule has 5 nitrogen and oxygen atoms in total. The molecule has 3 rings (SSSR count). The number of nitrogens with zero attached hydrogens (tertiary/aromatic N) is 1. The molecule has 0 atom stereocenters. The summed E-state index contributed by atoms with van der Waals surface area (Å²) >= 11 is 0. The molecule has 0 unspecified atom stereocenters. The summed E-state index contributed by atoms with van der Waals surface area (Å²) in [6.07, 6.45) is 1.67. The molecule has 5 heteroatoms. The van der Waals surface area contributed by atoms with Gasteiger partial charge in [0.25, 0.3) is 0 Å². The molecule has 1 aliphatic rings. The molecule has 2 aromatic rings. The van der Waals surface area contributed by atoms with E-state index in [-0.39, 0.29) is 0 Å². The van der Waals surface area contributed by atoms with Crippen molar-refractivity contribution in [3.05, 3.63) is 65.2 Å². The number of hydrogen-bond donors (Lipinski definition) is 2. The van der Waals surface area contributed by atoms with E-state index in [1.54, 1.807) is 12.1 Å². The third-order valence-electron chi connectivity index (χ3n) is 3.77. The largest absolute Gasteiger partial charge is 0.329 e. The molecule has 2 N–H and O–H groups in total. The van der Waals surface area contributed by atoms with Crippen LogP contribution in [-0.2, 0) is 16.0 Å². The van der Waals surface area contributed by atoms with Crippen molar-refractivity contribution in [3.8, 4) is 0 Å². The summed E-state index contributed by atoms with van der Waals surface area (Å²) in [6.45, 7) is 1.95. The molecule has 0 fully saturated rings. The number of carbonyl (C=O) groups excluding carboxylic acids is 2. The van der Waals surface area contributed by atoms with Crippen molar-refractivity contribution in [2.45, 2.75) is 19.8 Å². The second-order valence-corrected chi connectivity index (χ2v) is 5.48. The van der Waals surface area contributed by atoms with Crippen LogP contribution >= 0.6 is 0 Å². The first-order valence-electron chi connectivity index (χ1n) is 7.46. The highest BCUT2D eigenvalue weighted by Gasteiger charge is 2.18. The predicted molar refractivity (Wildman–Crippen MR) is 89.3 cm³/mol. The van der Waals surface area contributed by atoms with Crippen LogP contribution in [0.4, 0.5) is 5.69 Å². The monoisotopic (exact) mass is 307 g/mol. The average Bonchev–Trinajstić information content (AvgIpc) is 2.98. The van der Waals surface area contributed by atoms with E-state index >= 15 is 0 Å². The molecule has 0 aromatic heterocycles. The summed E-state index contributed by atoms with van der Waals surface area (Å²) in [6, 6.07) is 15.2. The average molecular weight is 307 g/mol. The van der Waals surface area contributed by atoms with Gasteiger partial charge in [0.1, 0.15) is 0 Å². The third-order valence-corrected chi connectivity index (χ3v) is 3.77. The van der Waals surface area contributed by atoms with Crippen LogP contribution in [0.2, 0.25) is 0 Å². The second kappa shape index (κ2) is 6.44. The van der Waals surface area contributed by atoms with Gasteiger partial charge in [-0.05, 0) is 37.5 Å². The third kappa shape index (κ3) is 3.45. The lowest BCUT2D eigenvalue weighted by atomic mass is 10.1. The molecule has 0 radical (unpaired) electrons. The zero-order valence-corrected chi connectivity index (χ0v) is 12.8. The molecule has 0 aliphatic heterocycles. The zero-order chi connectivity index (χ0) is 16.2. The van der Waals surface area contributed by atoms with Crippen LogP contribution in [0.15, 0.2) is 53.6 Å². The summed E-state index contributed by atoms with van der Waals surface area (Å²) in [7, 11) is 0. The Morgan fingerprint density at radius 2 is 1.70 bits per heavy atom. The number of nitrogens with one attached hydrogen (secondary N) is 2. The number of fused-ring (bicyclic) bond motifs is 1. The highest BCUT2D eigenvalue weighted by atomic mass is 16.2. The maximum Gasteiger partial charge on any atom is 0.329 e. The molecule has 116 valence electrons. The molecule has 1 aliphatic carbocycles. The van der Waals surface area contributed by atoms with Crippen molar-refractivity contribution >= 4 is 23.2 Å². The van der Waals surface area contributed by atoms with Crippen molar-refractivity contribution in [1.82, 2.24) is 5.43 Å². The number of anilines is 1. The van der Waals surface area contributed by atoms with Gasteiger partial charge in [0.05, 0.1) is 5.71 Å². The topological polar surface area (TPSA) is 70.6 Å². The molecular weight excluding hydrogens is 290 g/mol. The van der Waals surface area contributed by atoms with Gasteiger partial charge >= 0.3 is 11.8 Å². The van der Waals surface area contributed by atoms with E-state index in [1.807, 2.05) is 43.3 Å². The maximum atomic E-state index is 11.9. The van der Waals surface area contributed by atoms with Gasteiger partial charge in [-0.15, -0.1) is 0 Å². The zero-order valence-electron chi connectivity index (χ0n) is 12.8. The number of hydrazone groups is 1. The van der Waals surface area contributed by atoms with E-state index in [0.29, 0.717) is 5.69 Å². The molecule has 0 saturated heterocycles. The minimum absolute atomic E-state index is 0.578. The second-order valence-electron chi connectivity index (χ2n) is 5.48. The molecule has 0 heterocycles. The highest BCUT2D eigenvalue weighted by Crippen LogP contribution is 2.21. The van der Waals surface area contributed by atoms with Crippen LogP contribution in [0, 0.1) is 6.92 Å².